The van der Waals surface area contributed by atoms with E-state index in [1.54, 1.807) is 0 Å². The largest absolute Gasteiger partial charge is 0.366 e. The monoisotopic (exact) mass is 565 g/mol. The molecule has 0 aliphatic carbocycles. The summed E-state index contributed by atoms with van der Waals surface area (Å²) in [4.78, 5) is 18.7. The molecule has 0 saturated heterocycles. The van der Waals surface area contributed by atoms with E-state index in [1.165, 1.54) is 11.1 Å². The molecular weight excluding hydrogens is 534 g/mol. The van der Waals surface area contributed by atoms with Crippen LogP contribution in [-0.4, -0.2) is 19.9 Å². The number of hydrogen-bond acceptors (Lipinski definition) is 9. The Balaban J connectivity index is 1.06. The lowest BCUT2D eigenvalue weighted by molar-refractivity contribution is 1.11. The molecule has 0 unspecified atom stereocenters. The van der Waals surface area contributed by atoms with Crippen molar-refractivity contribution in [2.45, 2.75) is 13.1 Å². The number of pyridine rings is 4. The van der Waals surface area contributed by atoms with Crippen LogP contribution in [0, 0.1) is 0 Å². The highest BCUT2D eigenvalue weighted by molar-refractivity contribution is 5.62. The van der Waals surface area contributed by atoms with E-state index in [9.17, 15) is 0 Å². The van der Waals surface area contributed by atoms with Gasteiger partial charge >= 0.3 is 0 Å². The lowest BCUT2D eigenvalue weighted by Gasteiger charge is -2.12. The molecule has 0 spiro atoms. The maximum absolute atomic E-state index is 4.69. The van der Waals surface area contributed by atoms with E-state index in [0.717, 1.165) is 11.6 Å². The maximum Gasteiger partial charge on any atom is 0.133 e. The summed E-state index contributed by atoms with van der Waals surface area (Å²) in [5, 5.41) is 16.6. The van der Waals surface area contributed by atoms with Crippen molar-refractivity contribution in [1.82, 2.24) is 19.9 Å². The van der Waals surface area contributed by atoms with Crippen LogP contribution < -0.4 is 26.6 Å². The minimum Gasteiger partial charge on any atom is -0.366 e. The standard InChI is InChI=1S/C34H31N9/c1-3-11-25(12-4-1)23-35-27-15-7-17-29(37-27)39-31-19-9-21-33(41-31)43-34-22-10-20-32(42-34)40-30-18-8-16-28(38-30)36-24-26-13-5-2-6-14-26/h1-22H,23-24H2,(H5,35,36,37,38,39,40,41,42,43). The zero-order valence-corrected chi connectivity index (χ0v) is 23.4. The quantitative estimate of drug-likeness (QED) is 0.102. The van der Waals surface area contributed by atoms with Crippen LogP contribution in [0.4, 0.5) is 46.5 Å². The molecular formula is C34H31N9. The van der Waals surface area contributed by atoms with Crippen molar-refractivity contribution in [1.29, 1.82) is 0 Å². The Hall–Kier alpha value is -5.96. The smallest absolute Gasteiger partial charge is 0.133 e. The van der Waals surface area contributed by atoms with Gasteiger partial charge in [-0.05, 0) is 59.7 Å². The highest BCUT2D eigenvalue weighted by atomic mass is 15.2. The molecule has 0 fully saturated rings. The molecule has 5 N–H and O–H groups in total. The number of nitrogens with zero attached hydrogens (tertiary/aromatic N) is 4. The average molecular weight is 566 g/mol. The third-order valence-corrected chi connectivity index (χ3v) is 6.40. The van der Waals surface area contributed by atoms with Crippen LogP contribution >= 0.6 is 0 Å². The van der Waals surface area contributed by atoms with Gasteiger partial charge in [0, 0.05) is 13.1 Å². The second-order valence-corrected chi connectivity index (χ2v) is 9.69. The molecule has 43 heavy (non-hydrogen) atoms. The fraction of sp³-hybridized carbons (Fsp3) is 0.0588. The molecule has 9 nitrogen and oxygen atoms in total. The Kier molecular flexibility index (Phi) is 8.61. The van der Waals surface area contributed by atoms with Crippen molar-refractivity contribution < 1.29 is 0 Å². The van der Waals surface area contributed by atoms with E-state index in [-0.39, 0.29) is 0 Å². The van der Waals surface area contributed by atoms with Crippen molar-refractivity contribution >= 4 is 46.5 Å². The molecule has 212 valence electrons. The van der Waals surface area contributed by atoms with Crippen molar-refractivity contribution in [3.05, 3.63) is 145 Å². The Bertz CT molecular complexity index is 1630. The van der Waals surface area contributed by atoms with Gasteiger partial charge in [0.15, 0.2) is 0 Å². The molecule has 6 aromatic rings. The SMILES string of the molecule is c1ccc(CNc2cccc(Nc3cccc(Nc4cccc(Nc5cccc(NCc6ccccc6)n5)n4)n3)n2)cc1. The Morgan fingerprint density at radius 1 is 0.302 bits per heavy atom. The van der Waals surface area contributed by atoms with Gasteiger partial charge < -0.3 is 26.6 Å². The Labute approximate surface area is 250 Å². The van der Waals surface area contributed by atoms with E-state index in [4.69, 9.17) is 9.97 Å². The van der Waals surface area contributed by atoms with Gasteiger partial charge in [-0.2, -0.15) is 0 Å². The van der Waals surface area contributed by atoms with Crippen molar-refractivity contribution in [2.75, 3.05) is 26.6 Å². The summed E-state index contributed by atoms with van der Waals surface area (Å²) >= 11 is 0. The molecule has 0 saturated carbocycles. The summed E-state index contributed by atoms with van der Waals surface area (Å²) in [6.07, 6.45) is 0. The zero-order chi connectivity index (χ0) is 29.1. The fourth-order valence-corrected chi connectivity index (χ4v) is 4.32. The highest BCUT2D eigenvalue weighted by Gasteiger charge is 2.05. The van der Waals surface area contributed by atoms with E-state index in [1.807, 2.05) is 109 Å². The normalized spacial score (nSPS) is 10.5. The molecule has 0 aliphatic rings. The number of hydrogen-bond donors (Lipinski definition) is 5. The first kappa shape index (κ1) is 27.2. The van der Waals surface area contributed by atoms with E-state index in [0.29, 0.717) is 48.0 Å². The van der Waals surface area contributed by atoms with Gasteiger partial charge in [-0.1, -0.05) is 84.9 Å². The molecule has 4 heterocycles. The van der Waals surface area contributed by atoms with Gasteiger partial charge in [-0.15, -0.1) is 0 Å². The first-order valence-corrected chi connectivity index (χ1v) is 14.0. The molecule has 9 heteroatoms. The molecule has 6 rings (SSSR count). The van der Waals surface area contributed by atoms with Gasteiger partial charge in [0.1, 0.15) is 46.5 Å². The van der Waals surface area contributed by atoms with Gasteiger partial charge in [0.2, 0.25) is 0 Å². The van der Waals surface area contributed by atoms with Crippen LogP contribution in [0.2, 0.25) is 0 Å². The van der Waals surface area contributed by atoms with Gasteiger partial charge in [0.25, 0.3) is 0 Å². The fourth-order valence-electron chi connectivity index (χ4n) is 4.32. The zero-order valence-electron chi connectivity index (χ0n) is 23.4. The van der Waals surface area contributed by atoms with E-state index in [2.05, 4.69) is 60.8 Å². The number of rotatable bonds is 12. The van der Waals surface area contributed by atoms with Gasteiger partial charge in [-0.3, -0.25) is 0 Å². The second-order valence-electron chi connectivity index (χ2n) is 9.69. The van der Waals surface area contributed by atoms with Crippen LogP contribution in [0.3, 0.4) is 0 Å². The summed E-state index contributed by atoms with van der Waals surface area (Å²) in [5.74, 6) is 5.58. The van der Waals surface area contributed by atoms with Crippen molar-refractivity contribution in [2.24, 2.45) is 0 Å². The van der Waals surface area contributed by atoms with Crippen LogP contribution in [0.15, 0.2) is 133 Å². The topological polar surface area (TPSA) is 112 Å². The molecule has 4 aromatic heterocycles. The predicted octanol–water partition coefficient (Wildman–Crippen LogP) is 7.72. The molecule has 0 atom stereocenters. The number of benzene rings is 2. The third-order valence-electron chi connectivity index (χ3n) is 6.40. The Morgan fingerprint density at radius 2 is 0.581 bits per heavy atom. The summed E-state index contributed by atoms with van der Waals surface area (Å²) in [7, 11) is 0. The van der Waals surface area contributed by atoms with Gasteiger partial charge in [0.05, 0.1) is 0 Å². The number of nitrogens with one attached hydrogen (secondary N) is 5. The molecule has 2 aromatic carbocycles. The van der Waals surface area contributed by atoms with E-state index < -0.39 is 0 Å². The molecule has 0 aliphatic heterocycles. The van der Waals surface area contributed by atoms with Crippen molar-refractivity contribution in [3.63, 3.8) is 0 Å². The molecule has 0 amide bonds. The minimum atomic E-state index is 0.651. The van der Waals surface area contributed by atoms with Crippen LogP contribution in [0.1, 0.15) is 11.1 Å². The summed E-state index contributed by atoms with van der Waals surface area (Å²) < 4.78 is 0. The molecule has 0 bridgehead atoms. The molecule has 0 radical (unpaired) electrons. The lowest BCUT2D eigenvalue weighted by Crippen LogP contribution is -2.04. The second kappa shape index (κ2) is 13.6. The summed E-state index contributed by atoms with van der Waals surface area (Å²) in [5.41, 5.74) is 2.38. The minimum absolute atomic E-state index is 0.651. The van der Waals surface area contributed by atoms with Gasteiger partial charge in [-0.25, -0.2) is 19.9 Å². The number of anilines is 8. The first-order valence-electron chi connectivity index (χ1n) is 14.0. The maximum atomic E-state index is 4.69. The third kappa shape index (κ3) is 8.05. The van der Waals surface area contributed by atoms with Crippen LogP contribution in [0.25, 0.3) is 0 Å². The van der Waals surface area contributed by atoms with Crippen LogP contribution in [0.5, 0.6) is 0 Å². The summed E-state index contributed by atoms with van der Waals surface area (Å²) in [6, 6.07) is 43.5. The predicted molar refractivity (Wildman–Crippen MR) is 174 cm³/mol. The van der Waals surface area contributed by atoms with Crippen molar-refractivity contribution in [3.8, 4) is 0 Å². The lowest BCUT2D eigenvalue weighted by atomic mass is 10.2. The van der Waals surface area contributed by atoms with E-state index >= 15 is 0 Å². The Morgan fingerprint density at radius 3 is 0.907 bits per heavy atom. The highest BCUT2D eigenvalue weighted by Crippen LogP contribution is 2.21. The average Bonchev–Trinajstić information content (AvgIpc) is 3.05. The summed E-state index contributed by atoms with van der Waals surface area (Å²) in [6.45, 7) is 1.39. The number of aromatic nitrogens is 4. The first-order chi connectivity index (χ1) is 21.2. The van der Waals surface area contributed by atoms with Crippen LogP contribution in [-0.2, 0) is 13.1 Å².